The maximum atomic E-state index is 12.4. The highest BCUT2D eigenvalue weighted by Crippen LogP contribution is 2.25. The molecule has 0 radical (unpaired) electrons. The van der Waals surface area contributed by atoms with Gasteiger partial charge in [0.15, 0.2) is 0 Å². The highest BCUT2D eigenvalue weighted by molar-refractivity contribution is 5.64. The molecule has 1 aliphatic heterocycles. The number of aromatic amines is 1. The third-order valence-corrected chi connectivity index (χ3v) is 5.72. The maximum Gasteiger partial charge on any atom is 0.252 e. The minimum atomic E-state index is -0.254. The fourth-order valence-electron chi connectivity index (χ4n) is 3.98. The monoisotopic (exact) mass is 454 g/mol. The predicted octanol–water partition coefficient (Wildman–Crippen LogP) is 5.06. The van der Waals surface area contributed by atoms with Crippen LogP contribution in [0.5, 0.6) is 11.5 Å². The van der Waals surface area contributed by atoms with Crippen molar-refractivity contribution in [1.82, 2.24) is 19.9 Å². The second-order valence-corrected chi connectivity index (χ2v) is 8.26. The van der Waals surface area contributed by atoms with Crippen molar-refractivity contribution in [2.45, 2.75) is 26.2 Å². The Morgan fingerprint density at radius 2 is 1.68 bits per heavy atom. The highest BCUT2D eigenvalue weighted by Gasteiger charge is 2.16. The lowest BCUT2D eigenvalue weighted by Gasteiger charge is -2.26. The van der Waals surface area contributed by atoms with E-state index in [4.69, 9.17) is 4.74 Å². The van der Waals surface area contributed by atoms with E-state index in [0.29, 0.717) is 17.4 Å². The van der Waals surface area contributed by atoms with E-state index in [0.717, 1.165) is 54.6 Å². The van der Waals surface area contributed by atoms with Crippen LogP contribution in [0.25, 0.3) is 11.3 Å². The number of piperidine rings is 1. The smallest absolute Gasteiger partial charge is 0.252 e. The van der Waals surface area contributed by atoms with E-state index in [-0.39, 0.29) is 5.56 Å². The van der Waals surface area contributed by atoms with Crippen LogP contribution in [0.3, 0.4) is 0 Å². The van der Waals surface area contributed by atoms with Crippen molar-refractivity contribution in [2.24, 2.45) is 0 Å². The summed E-state index contributed by atoms with van der Waals surface area (Å²) in [4.78, 5) is 31.2. The molecule has 172 valence electrons. The summed E-state index contributed by atoms with van der Waals surface area (Å²) < 4.78 is 5.83. The summed E-state index contributed by atoms with van der Waals surface area (Å²) >= 11 is 0. The van der Waals surface area contributed by atoms with Crippen LogP contribution in [0.2, 0.25) is 0 Å². The van der Waals surface area contributed by atoms with Gasteiger partial charge in [-0.3, -0.25) is 9.78 Å². The van der Waals surface area contributed by atoms with Crippen LogP contribution in [0.15, 0.2) is 71.7 Å². The number of aryl methyl sites for hydroxylation is 1. The van der Waals surface area contributed by atoms with Crippen LogP contribution in [-0.2, 0) is 0 Å². The highest BCUT2D eigenvalue weighted by atomic mass is 16.5. The summed E-state index contributed by atoms with van der Waals surface area (Å²) in [5.41, 5.74) is 2.58. The standard InChI is InChI=1S/C26H26N6O2/c1-18-22(17-27-26(28-18)32-14-6-3-7-15-32)23-16-24(33)31-25(30-23)29-19-10-12-21(13-11-19)34-20-8-4-2-5-9-20/h2,4-5,8-13,16-17H,3,6-7,14-15H2,1H3,(H2,29,30,31,33). The van der Waals surface area contributed by atoms with Crippen LogP contribution >= 0.6 is 0 Å². The minimum Gasteiger partial charge on any atom is -0.457 e. The fourth-order valence-corrected chi connectivity index (χ4v) is 3.98. The Hall–Kier alpha value is -4.20. The Kier molecular flexibility index (Phi) is 6.20. The molecule has 4 aromatic rings. The minimum absolute atomic E-state index is 0.254. The fraction of sp³-hybridized carbons (Fsp3) is 0.231. The zero-order valence-electron chi connectivity index (χ0n) is 19.0. The summed E-state index contributed by atoms with van der Waals surface area (Å²) in [6, 6.07) is 18.5. The third-order valence-electron chi connectivity index (χ3n) is 5.72. The van der Waals surface area contributed by atoms with Gasteiger partial charge in [0.2, 0.25) is 11.9 Å². The molecule has 0 atom stereocenters. The number of anilines is 3. The number of nitrogens with one attached hydrogen (secondary N) is 2. The van der Waals surface area contributed by atoms with E-state index >= 15 is 0 Å². The quantitative estimate of drug-likeness (QED) is 0.420. The number of rotatable bonds is 6. The molecular formula is C26H26N6O2. The molecular weight excluding hydrogens is 428 g/mol. The largest absolute Gasteiger partial charge is 0.457 e. The van der Waals surface area contributed by atoms with Crippen LogP contribution in [0.1, 0.15) is 25.0 Å². The Labute approximate surface area is 197 Å². The molecule has 3 heterocycles. The molecule has 5 rings (SSSR count). The molecule has 0 unspecified atom stereocenters. The number of benzene rings is 2. The Morgan fingerprint density at radius 1 is 0.941 bits per heavy atom. The van der Waals surface area contributed by atoms with E-state index in [1.54, 1.807) is 6.20 Å². The molecule has 0 spiro atoms. The number of H-pyrrole nitrogens is 1. The van der Waals surface area contributed by atoms with Gasteiger partial charge >= 0.3 is 0 Å². The Balaban J connectivity index is 1.33. The van der Waals surface area contributed by atoms with Crippen molar-refractivity contribution in [3.05, 3.63) is 82.9 Å². The molecule has 0 aliphatic carbocycles. The normalized spacial score (nSPS) is 13.5. The lowest BCUT2D eigenvalue weighted by atomic mass is 10.1. The first-order valence-electron chi connectivity index (χ1n) is 11.4. The zero-order valence-corrected chi connectivity index (χ0v) is 19.0. The number of nitrogens with zero attached hydrogens (tertiary/aromatic N) is 4. The first kappa shape index (κ1) is 21.6. The van der Waals surface area contributed by atoms with Crippen molar-refractivity contribution < 1.29 is 4.74 Å². The summed E-state index contributed by atoms with van der Waals surface area (Å²) in [7, 11) is 0. The van der Waals surface area contributed by atoms with Crippen LogP contribution in [0, 0.1) is 6.92 Å². The van der Waals surface area contributed by atoms with Crippen molar-refractivity contribution in [3.8, 4) is 22.8 Å². The van der Waals surface area contributed by atoms with Crippen molar-refractivity contribution in [2.75, 3.05) is 23.3 Å². The van der Waals surface area contributed by atoms with Gasteiger partial charge in [-0.15, -0.1) is 0 Å². The van der Waals surface area contributed by atoms with Crippen molar-refractivity contribution >= 4 is 17.6 Å². The zero-order chi connectivity index (χ0) is 23.3. The van der Waals surface area contributed by atoms with Gasteiger partial charge in [-0.05, 0) is 62.6 Å². The first-order valence-corrected chi connectivity index (χ1v) is 11.4. The SMILES string of the molecule is Cc1nc(N2CCCCC2)ncc1-c1cc(=O)[nH]c(Nc2ccc(Oc3ccccc3)cc2)n1. The average molecular weight is 455 g/mol. The van der Waals surface area contributed by atoms with Crippen molar-refractivity contribution in [3.63, 3.8) is 0 Å². The summed E-state index contributed by atoms with van der Waals surface area (Å²) in [6.45, 7) is 3.88. The van der Waals surface area contributed by atoms with E-state index in [9.17, 15) is 4.79 Å². The van der Waals surface area contributed by atoms with Gasteiger partial charge in [0, 0.05) is 36.6 Å². The van der Waals surface area contributed by atoms with Gasteiger partial charge in [-0.25, -0.2) is 15.0 Å². The Bertz CT molecular complexity index is 1320. The summed E-state index contributed by atoms with van der Waals surface area (Å²) in [5, 5.41) is 3.16. The third kappa shape index (κ3) is 5.06. The van der Waals surface area contributed by atoms with E-state index in [1.807, 2.05) is 61.5 Å². The van der Waals surface area contributed by atoms with Crippen molar-refractivity contribution in [1.29, 1.82) is 0 Å². The Morgan fingerprint density at radius 3 is 2.41 bits per heavy atom. The van der Waals surface area contributed by atoms with Gasteiger partial charge in [-0.1, -0.05) is 18.2 Å². The predicted molar refractivity (Wildman–Crippen MR) is 133 cm³/mol. The number of hydrogen-bond donors (Lipinski definition) is 2. The molecule has 2 aromatic heterocycles. The molecule has 8 nitrogen and oxygen atoms in total. The van der Waals surface area contributed by atoms with Gasteiger partial charge in [0.25, 0.3) is 5.56 Å². The molecule has 1 saturated heterocycles. The average Bonchev–Trinajstić information content (AvgIpc) is 2.86. The van der Waals surface area contributed by atoms with Gasteiger partial charge in [0.05, 0.1) is 11.4 Å². The maximum absolute atomic E-state index is 12.4. The number of hydrogen-bond acceptors (Lipinski definition) is 7. The second-order valence-electron chi connectivity index (χ2n) is 8.26. The molecule has 1 aliphatic rings. The van der Waals surface area contributed by atoms with Crippen LogP contribution in [-0.4, -0.2) is 33.0 Å². The van der Waals surface area contributed by atoms with E-state index in [1.165, 1.54) is 12.5 Å². The second kappa shape index (κ2) is 9.74. The number of ether oxygens (including phenoxy) is 1. The molecule has 2 aromatic carbocycles. The number of aromatic nitrogens is 4. The summed E-state index contributed by atoms with van der Waals surface area (Å²) in [5.74, 6) is 2.57. The molecule has 1 fully saturated rings. The first-order chi connectivity index (χ1) is 16.6. The van der Waals surface area contributed by atoms with E-state index < -0.39 is 0 Å². The van der Waals surface area contributed by atoms with Crippen LogP contribution in [0.4, 0.5) is 17.6 Å². The lowest BCUT2D eigenvalue weighted by molar-refractivity contribution is 0.483. The molecule has 34 heavy (non-hydrogen) atoms. The molecule has 0 amide bonds. The molecule has 2 N–H and O–H groups in total. The topological polar surface area (TPSA) is 96.0 Å². The summed E-state index contributed by atoms with van der Waals surface area (Å²) in [6.07, 6.45) is 5.33. The number of para-hydroxylation sites is 1. The van der Waals surface area contributed by atoms with Gasteiger partial charge in [0.1, 0.15) is 11.5 Å². The molecule has 0 saturated carbocycles. The van der Waals surface area contributed by atoms with Gasteiger partial charge in [-0.2, -0.15) is 0 Å². The molecule has 8 heteroatoms. The van der Waals surface area contributed by atoms with Crippen LogP contribution < -0.4 is 20.5 Å². The van der Waals surface area contributed by atoms with E-state index in [2.05, 4.69) is 30.2 Å². The molecule has 0 bridgehead atoms. The lowest BCUT2D eigenvalue weighted by Crippen LogP contribution is -2.31. The van der Waals surface area contributed by atoms with Gasteiger partial charge < -0.3 is 15.0 Å².